The van der Waals surface area contributed by atoms with E-state index in [4.69, 9.17) is 10.5 Å². The number of aryl methyl sites for hydroxylation is 1. The van der Waals surface area contributed by atoms with Crippen LogP contribution in [0.1, 0.15) is 24.2 Å². The van der Waals surface area contributed by atoms with Crippen LogP contribution in [-0.4, -0.2) is 48.0 Å². The molecule has 0 amide bonds. The fourth-order valence-electron chi connectivity index (χ4n) is 1.90. The molecule has 1 aromatic rings. The first-order valence-corrected chi connectivity index (χ1v) is 6.08. The third-order valence-electron chi connectivity index (χ3n) is 3.18. The summed E-state index contributed by atoms with van der Waals surface area (Å²) >= 11 is 0. The van der Waals surface area contributed by atoms with Gasteiger partial charge >= 0.3 is 0 Å². The number of aromatic nitrogens is 2. The van der Waals surface area contributed by atoms with Gasteiger partial charge in [0.2, 0.25) is 0 Å². The smallest absolute Gasteiger partial charge is 0.0593 e. The molecule has 0 aliphatic heterocycles. The molecule has 5 nitrogen and oxygen atoms in total. The Labute approximate surface area is 104 Å². The second-order valence-corrected chi connectivity index (χ2v) is 4.24. The largest absolute Gasteiger partial charge is 0.380 e. The zero-order chi connectivity index (χ0) is 12.8. The van der Waals surface area contributed by atoms with Crippen molar-refractivity contribution in [3.05, 3.63) is 17.5 Å². The SMILES string of the molecule is CCOCCN(C)C(CN)c1cnn(C)c1C. The number of nitrogens with two attached hydrogens (primary N) is 1. The van der Waals surface area contributed by atoms with Crippen LogP contribution >= 0.6 is 0 Å². The van der Waals surface area contributed by atoms with Crippen LogP contribution in [0.15, 0.2) is 6.20 Å². The highest BCUT2D eigenvalue weighted by molar-refractivity contribution is 5.20. The first-order chi connectivity index (χ1) is 8.11. The van der Waals surface area contributed by atoms with E-state index in [1.807, 2.05) is 24.9 Å². The first-order valence-electron chi connectivity index (χ1n) is 6.08. The van der Waals surface area contributed by atoms with Crippen molar-refractivity contribution >= 4 is 0 Å². The molecule has 1 atom stereocenters. The monoisotopic (exact) mass is 240 g/mol. The molecule has 1 unspecified atom stereocenters. The van der Waals surface area contributed by atoms with E-state index in [0.717, 1.165) is 19.8 Å². The van der Waals surface area contributed by atoms with Crippen molar-refractivity contribution in [2.24, 2.45) is 12.8 Å². The van der Waals surface area contributed by atoms with Crippen LogP contribution in [0.4, 0.5) is 0 Å². The lowest BCUT2D eigenvalue weighted by Gasteiger charge is -2.26. The molecule has 1 heterocycles. The zero-order valence-corrected chi connectivity index (χ0v) is 11.3. The van der Waals surface area contributed by atoms with E-state index in [1.54, 1.807) is 0 Å². The number of nitrogens with zero attached hydrogens (tertiary/aromatic N) is 3. The Bertz CT molecular complexity index is 337. The highest BCUT2D eigenvalue weighted by Gasteiger charge is 2.19. The summed E-state index contributed by atoms with van der Waals surface area (Å²) in [6, 6.07) is 0.212. The van der Waals surface area contributed by atoms with Crippen molar-refractivity contribution in [3.8, 4) is 0 Å². The standard InChI is InChI=1S/C12H24N4O/c1-5-17-7-6-15(3)12(8-13)11-9-14-16(4)10(11)2/h9,12H,5-8,13H2,1-4H3. The van der Waals surface area contributed by atoms with Crippen molar-refractivity contribution < 1.29 is 4.74 Å². The van der Waals surface area contributed by atoms with E-state index in [2.05, 4.69) is 24.0 Å². The summed E-state index contributed by atoms with van der Waals surface area (Å²) in [5.74, 6) is 0. The minimum Gasteiger partial charge on any atom is -0.380 e. The second kappa shape index (κ2) is 6.74. The molecule has 5 heteroatoms. The van der Waals surface area contributed by atoms with Crippen molar-refractivity contribution in [3.63, 3.8) is 0 Å². The maximum Gasteiger partial charge on any atom is 0.0593 e. The molecule has 1 rings (SSSR count). The Morgan fingerprint density at radius 2 is 2.29 bits per heavy atom. The number of hydrogen-bond acceptors (Lipinski definition) is 4. The van der Waals surface area contributed by atoms with Crippen molar-refractivity contribution in [1.29, 1.82) is 0 Å². The summed E-state index contributed by atoms with van der Waals surface area (Å²) in [5.41, 5.74) is 8.24. The van der Waals surface area contributed by atoms with E-state index < -0.39 is 0 Å². The number of likely N-dealkylation sites (N-methyl/N-ethyl adjacent to an activating group) is 1. The first kappa shape index (κ1) is 14.2. The van der Waals surface area contributed by atoms with Crippen LogP contribution in [0, 0.1) is 6.92 Å². The van der Waals surface area contributed by atoms with Gasteiger partial charge in [0.15, 0.2) is 0 Å². The van der Waals surface area contributed by atoms with Gasteiger partial charge in [0.1, 0.15) is 0 Å². The van der Waals surface area contributed by atoms with Gasteiger partial charge in [-0.3, -0.25) is 9.58 Å². The summed E-state index contributed by atoms with van der Waals surface area (Å²) in [5, 5.41) is 4.27. The molecule has 2 N–H and O–H groups in total. The van der Waals surface area contributed by atoms with E-state index in [9.17, 15) is 0 Å². The third-order valence-corrected chi connectivity index (χ3v) is 3.18. The van der Waals surface area contributed by atoms with Crippen molar-refractivity contribution in [2.45, 2.75) is 19.9 Å². The predicted octanol–water partition coefficient (Wildman–Crippen LogP) is 0.697. The average molecular weight is 240 g/mol. The lowest BCUT2D eigenvalue weighted by Crippen LogP contribution is -2.33. The summed E-state index contributed by atoms with van der Waals surface area (Å²) < 4.78 is 7.25. The maximum absolute atomic E-state index is 5.87. The van der Waals surface area contributed by atoms with Crippen molar-refractivity contribution in [2.75, 3.05) is 33.4 Å². The molecule has 0 aliphatic rings. The van der Waals surface area contributed by atoms with E-state index in [-0.39, 0.29) is 6.04 Å². The molecule has 0 fully saturated rings. The quantitative estimate of drug-likeness (QED) is 0.713. The molecular weight excluding hydrogens is 216 g/mol. The van der Waals surface area contributed by atoms with Crippen LogP contribution in [0.5, 0.6) is 0 Å². The molecule has 0 radical (unpaired) electrons. The van der Waals surface area contributed by atoms with Crippen LogP contribution in [0.3, 0.4) is 0 Å². The molecule has 0 saturated carbocycles. The average Bonchev–Trinajstić information content (AvgIpc) is 2.63. The zero-order valence-electron chi connectivity index (χ0n) is 11.3. The minimum absolute atomic E-state index is 0.212. The topological polar surface area (TPSA) is 56.3 Å². The summed E-state index contributed by atoms with van der Waals surface area (Å²) in [7, 11) is 4.02. The molecule has 17 heavy (non-hydrogen) atoms. The summed E-state index contributed by atoms with van der Waals surface area (Å²) in [6.45, 7) is 7.04. The highest BCUT2D eigenvalue weighted by Crippen LogP contribution is 2.20. The molecule has 0 bridgehead atoms. The normalized spacial score (nSPS) is 13.3. The molecule has 1 aromatic heterocycles. The Balaban J connectivity index is 2.67. The minimum atomic E-state index is 0.212. The third kappa shape index (κ3) is 3.52. The van der Waals surface area contributed by atoms with Crippen LogP contribution in [0.25, 0.3) is 0 Å². The van der Waals surface area contributed by atoms with Crippen molar-refractivity contribution in [1.82, 2.24) is 14.7 Å². The van der Waals surface area contributed by atoms with Crippen LogP contribution in [-0.2, 0) is 11.8 Å². The van der Waals surface area contributed by atoms with Gasteiger partial charge in [-0.25, -0.2) is 0 Å². The predicted molar refractivity (Wildman–Crippen MR) is 68.9 cm³/mol. The van der Waals surface area contributed by atoms with Gasteiger partial charge in [-0.1, -0.05) is 0 Å². The number of hydrogen-bond donors (Lipinski definition) is 1. The van der Waals surface area contributed by atoms with Gasteiger partial charge in [0, 0.05) is 38.0 Å². The molecule has 0 aliphatic carbocycles. The fourth-order valence-corrected chi connectivity index (χ4v) is 1.90. The molecular formula is C12H24N4O. The Morgan fingerprint density at radius 3 is 2.76 bits per heavy atom. The van der Waals surface area contributed by atoms with E-state index >= 15 is 0 Å². The van der Waals surface area contributed by atoms with E-state index in [1.165, 1.54) is 11.3 Å². The van der Waals surface area contributed by atoms with Gasteiger partial charge in [-0.15, -0.1) is 0 Å². The lowest BCUT2D eigenvalue weighted by molar-refractivity contribution is 0.108. The fraction of sp³-hybridized carbons (Fsp3) is 0.750. The molecule has 0 spiro atoms. The number of ether oxygens (including phenoxy) is 1. The van der Waals surface area contributed by atoms with Gasteiger partial charge in [-0.05, 0) is 20.9 Å². The lowest BCUT2D eigenvalue weighted by atomic mass is 10.1. The Hall–Kier alpha value is -0.910. The highest BCUT2D eigenvalue weighted by atomic mass is 16.5. The van der Waals surface area contributed by atoms with Gasteiger partial charge < -0.3 is 10.5 Å². The van der Waals surface area contributed by atoms with Gasteiger partial charge in [0.25, 0.3) is 0 Å². The Kier molecular flexibility index (Phi) is 5.61. The molecule has 98 valence electrons. The molecule has 0 saturated heterocycles. The second-order valence-electron chi connectivity index (χ2n) is 4.24. The van der Waals surface area contributed by atoms with Crippen LogP contribution < -0.4 is 5.73 Å². The summed E-state index contributed by atoms with van der Waals surface area (Å²) in [6.07, 6.45) is 1.91. The number of rotatable bonds is 7. The van der Waals surface area contributed by atoms with E-state index in [0.29, 0.717) is 6.54 Å². The molecule has 0 aromatic carbocycles. The summed E-state index contributed by atoms with van der Waals surface area (Å²) in [4.78, 5) is 2.22. The van der Waals surface area contributed by atoms with Gasteiger partial charge in [-0.2, -0.15) is 5.10 Å². The maximum atomic E-state index is 5.87. The van der Waals surface area contributed by atoms with Crippen LogP contribution in [0.2, 0.25) is 0 Å². The Morgan fingerprint density at radius 1 is 1.59 bits per heavy atom. The van der Waals surface area contributed by atoms with Gasteiger partial charge in [0.05, 0.1) is 18.8 Å².